The number of nitrogens with zero attached hydrogens (tertiary/aromatic N) is 1. The second-order valence-corrected chi connectivity index (χ2v) is 10.3. The first-order chi connectivity index (χ1) is 14.6. The standard InChI is InChI=1S/C23H30N2O5S/c1-6-25(31(27,28)7-2)17-10-8-16(9-11-17)22(26)24-20-15-23(3,4)30-21-14-18(29-5)12-13-19(20)21/h8-14,20H,6-7,15H2,1-5H3,(H,24,26)/t20-/m0/s1. The Balaban J connectivity index is 1.82. The molecule has 7 nitrogen and oxygen atoms in total. The van der Waals surface area contributed by atoms with E-state index in [0.29, 0.717) is 35.7 Å². The minimum absolute atomic E-state index is 0.0206. The number of ether oxygens (including phenoxy) is 2. The molecule has 0 saturated carbocycles. The molecule has 2 aromatic carbocycles. The lowest BCUT2D eigenvalue weighted by Crippen LogP contribution is -2.41. The Kier molecular flexibility index (Phi) is 6.50. The molecule has 1 aliphatic heterocycles. The fourth-order valence-corrected chi connectivity index (χ4v) is 4.95. The highest BCUT2D eigenvalue weighted by Crippen LogP contribution is 2.41. The van der Waals surface area contributed by atoms with Gasteiger partial charge in [0.1, 0.15) is 17.1 Å². The van der Waals surface area contributed by atoms with Crippen LogP contribution in [0.15, 0.2) is 42.5 Å². The molecule has 31 heavy (non-hydrogen) atoms. The number of carbonyl (C=O) groups is 1. The van der Waals surface area contributed by atoms with Crippen molar-refractivity contribution in [2.24, 2.45) is 0 Å². The highest BCUT2D eigenvalue weighted by Gasteiger charge is 2.35. The molecule has 0 aliphatic carbocycles. The normalized spacial score (nSPS) is 17.3. The Morgan fingerprint density at radius 1 is 1.19 bits per heavy atom. The maximum absolute atomic E-state index is 13.0. The van der Waals surface area contributed by atoms with Crippen LogP contribution in [0.5, 0.6) is 11.5 Å². The molecule has 0 saturated heterocycles. The number of carbonyl (C=O) groups excluding carboxylic acids is 1. The lowest BCUT2D eigenvalue weighted by molar-refractivity contribution is 0.0617. The first-order valence-corrected chi connectivity index (χ1v) is 12.0. The molecule has 1 aliphatic rings. The van der Waals surface area contributed by atoms with Crippen molar-refractivity contribution >= 4 is 21.6 Å². The predicted octanol–water partition coefficient (Wildman–Crippen LogP) is 3.90. The van der Waals surface area contributed by atoms with Crippen molar-refractivity contribution in [3.63, 3.8) is 0 Å². The second-order valence-electron chi connectivity index (χ2n) is 8.11. The van der Waals surface area contributed by atoms with Crippen LogP contribution in [0, 0.1) is 0 Å². The minimum Gasteiger partial charge on any atom is -0.497 e. The van der Waals surface area contributed by atoms with E-state index in [4.69, 9.17) is 9.47 Å². The molecule has 0 spiro atoms. The average Bonchev–Trinajstić information content (AvgIpc) is 2.73. The molecular weight excluding hydrogens is 416 g/mol. The van der Waals surface area contributed by atoms with Crippen LogP contribution in [0.1, 0.15) is 56.1 Å². The van der Waals surface area contributed by atoms with Crippen molar-refractivity contribution in [3.8, 4) is 11.5 Å². The Hall–Kier alpha value is -2.74. The topological polar surface area (TPSA) is 84.9 Å². The van der Waals surface area contributed by atoms with Gasteiger partial charge in [-0.3, -0.25) is 9.10 Å². The van der Waals surface area contributed by atoms with Crippen molar-refractivity contribution < 1.29 is 22.7 Å². The molecule has 1 atom stereocenters. The van der Waals surface area contributed by atoms with Crippen molar-refractivity contribution in [3.05, 3.63) is 53.6 Å². The van der Waals surface area contributed by atoms with Gasteiger partial charge in [-0.25, -0.2) is 8.42 Å². The summed E-state index contributed by atoms with van der Waals surface area (Å²) in [6.07, 6.45) is 0.620. The van der Waals surface area contributed by atoms with Gasteiger partial charge in [0, 0.05) is 30.2 Å². The third-order valence-corrected chi connectivity index (χ3v) is 7.26. The highest BCUT2D eigenvalue weighted by atomic mass is 32.2. The van der Waals surface area contributed by atoms with Crippen LogP contribution in [-0.4, -0.2) is 39.3 Å². The molecule has 0 radical (unpaired) electrons. The van der Waals surface area contributed by atoms with Crippen LogP contribution in [0.3, 0.4) is 0 Å². The summed E-state index contributed by atoms with van der Waals surface area (Å²) in [7, 11) is -1.76. The van der Waals surface area contributed by atoms with Crippen molar-refractivity contribution in [2.75, 3.05) is 23.7 Å². The summed E-state index contributed by atoms with van der Waals surface area (Å²) in [5.74, 6) is 1.18. The van der Waals surface area contributed by atoms with Gasteiger partial charge in [0.2, 0.25) is 10.0 Å². The summed E-state index contributed by atoms with van der Waals surface area (Å²) in [5.41, 5.74) is 1.46. The van der Waals surface area contributed by atoms with E-state index in [1.807, 2.05) is 32.0 Å². The highest BCUT2D eigenvalue weighted by molar-refractivity contribution is 7.92. The van der Waals surface area contributed by atoms with Crippen molar-refractivity contribution in [1.29, 1.82) is 0 Å². The first kappa shape index (κ1) is 22.9. The van der Waals surface area contributed by atoms with E-state index in [1.54, 1.807) is 45.2 Å². The van der Waals surface area contributed by atoms with Crippen LogP contribution < -0.4 is 19.1 Å². The number of sulfonamides is 1. The third kappa shape index (κ3) is 4.95. The lowest BCUT2D eigenvalue weighted by Gasteiger charge is -2.38. The molecule has 168 valence electrons. The number of nitrogens with one attached hydrogen (secondary N) is 1. The zero-order chi connectivity index (χ0) is 22.8. The number of hydrogen-bond acceptors (Lipinski definition) is 5. The maximum atomic E-state index is 13.0. The summed E-state index contributed by atoms with van der Waals surface area (Å²) in [6, 6.07) is 12.0. The summed E-state index contributed by atoms with van der Waals surface area (Å²) < 4.78 is 37.2. The fourth-order valence-electron chi connectivity index (χ4n) is 3.80. The van der Waals surface area contributed by atoms with Gasteiger partial charge in [0.15, 0.2) is 0 Å². The minimum atomic E-state index is -3.36. The van der Waals surface area contributed by atoms with Crippen LogP contribution in [-0.2, 0) is 10.0 Å². The Bertz CT molecular complexity index is 1050. The number of methoxy groups -OCH3 is 1. The molecule has 0 bridgehead atoms. The maximum Gasteiger partial charge on any atom is 0.251 e. The number of hydrogen-bond donors (Lipinski definition) is 1. The Morgan fingerprint density at radius 2 is 1.87 bits per heavy atom. The zero-order valence-electron chi connectivity index (χ0n) is 18.6. The molecule has 1 N–H and O–H groups in total. The monoisotopic (exact) mass is 446 g/mol. The van der Waals surface area contributed by atoms with E-state index in [-0.39, 0.29) is 17.7 Å². The van der Waals surface area contributed by atoms with Gasteiger partial charge < -0.3 is 14.8 Å². The SMILES string of the molecule is CCN(c1ccc(C(=O)N[C@H]2CC(C)(C)Oc3cc(OC)ccc32)cc1)S(=O)(=O)CC. The molecule has 8 heteroatoms. The number of rotatable bonds is 7. The van der Waals surface area contributed by atoms with Gasteiger partial charge in [-0.15, -0.1) is 0 Å². The van der Waals surface area contributed by atoms with Gasteiger partial charge in [-0.05, 0) is 64.1 Å². The summed E-state index contributed by atoms with van der Waals surface area (Å²) in [4.78, 5) is 13.0. The average molecular weight is 447 g/mol. The summed E-state index contributed by atoms with van der Waals surface area (Å²) in [5, 5.41) is 3.10. The molecule has 0 unspecified atom stereocenters. The van der Waals surface area contributed by atoms with Crippen LogP contribution >= 0.6 is 0 Å². The summed E-state index contributed by atoms with van der Waals surface area (Å²) >= 11 is 0. The third-order valence-electron chi connectivity index (χ3n) is 5.39. The quantitative estimate of drug-likeness (QED) is 0.697. The van der Waals surface area contributed by atoms with E-state index in [2.05, 4.69) is 5.32 Å². The lowest BCUT2D eigenvalue weighted by atomic mass is 9.89. The van der Waals surface area contributed by atoms with Gasteiger partial charge in [-0.2, -0.15) is 0 Å². The molecular formula is C23H30N2O5S. The van der Waals surface area contributed by atoms with Crippen molar-refractivity contribution in [1.82, 2.24) is 5.32 Å². The molecule has 3 rings (SSSR count). The van der Waals surface area contributed by atoms with Crippen LogP contribution in [0.2, 0.25) is 0 Å². The van der Waals surface area contributed by atoms with E-state index in [1.165, 1.54) is 4.31 Å². The Morgan fingerprint density at radius 3 is 2.45 bits per heavy atom. The molecule has 0 fully saturated rings. The number of anilines is 1. The van der Waals surface area contributed by atoms with E-state index in [0.717, 1.165) is 5.56 Å². The van der Waals surface area contributed by atoms with Crippen LogP contribution in [0.4, 0.5) is 5.69 Å². The predicted molar refractivity (Wildman–Crippen MR) is 121 cm³/mol. The van der Waals surface area contributed by atoms with Gasteiger partial charge in [-0.1, -0.05) is 0 Å². The van der Waals surface area contributed by atoms with E-state index >= 15 is 0 Å². The summed E-state index contributed by atoms with van der Waals surface area (Å²) in [6.45, 7) is 7.70. The molecule has 1 amide bonds. The van der Waals surface area contributed by atoms with Gasteiger partial charge >= 0.3 is 0 Å². The first-order valence-electron chi connectivity index (χ1n) is 10.4. The van der Waals surface area contributed by atoms with Gasteiger partial charge in [0.05, 0.1) is 24.6 Å². The number of fused-ring (bicyclic) bond motifs is 1. The zero-order valence-corrected chi connectivity index (χ0v) is 19.5. The fraction of sp³-hybridized carbons (Fsp3) is 0.435. The molecule has 1 heterocycles. The largest absolute Gasteiger partial charge is 0.497 e. The van der Waals surface area contributed by atoms with Gasteiger partial charge in [0.25, 0.3) is 5.91 Å². The van der Waals surface area contributed by atoms with Crippen molar-refractivity contribution in [2.45, 2.75) is 45.8 Å². The number of benzene rings is 2. The van der Waals surface area contributed by atoms with E-state index in [9.17, 15) is 13.2 Å². The number of amides is 1. The van der Waals surface area contributed by atoms with Crippen LogP contribution in [0.25, 0.3) is 0 Å². The molecule has 2 aromatic rings. The molecule has 0 aromatic heterocycles. The van der Waals surface area contributed by atoms with E-state index < -0.39 is 15.6 Å². The second kappa shape index (κ2) is 8.78. The Labute approximate surface area is 184 Å². The smallest absolute Gasteiger partial charge is 0.251 e.